The molecular weight excluding hydrogens is 345 g/mol. The number of amides is 1. The number of alkyl halides is 3. The van der Waals surface area contributed by atoms with Crippen LogP contribution in [0.2, 0.25) is 0 Å². The predicted molar refractivity (Wildman–Crippen MR) is 86.6 cm³/mol. The van der Waals surface area contributed by atoms with E-state index in [1.807, 2.05) is 6.07 Å². The molecule has 1 aliphatic rings. The first-order valence-corrected chi connectivity index (χ1v) is 8.02. The Hall–Kier alpha value is -2.95. The van der Waals surface area contributed by atoms with Gasteiger partial charge in [0.1, 0.15) is 6.07 Å². The number of nitrogens with zero attached hydrogens (tertiary/aromatic N) is 4. The number of likely N-dealkylation sites (tertiary alicyclic amines) is 1. The molecule has 0 saturated carbocycles. The Kier molecular flexibility index (Phi) is 4.64. The van der Waals surface area contributed by atoms with Crippen LogP contribution in [-0.2, 0) is 17.5 Å². The van der Waals surface area contributed by atoms with Gasteiger partial charge in [0.15, 0.2) is 0 Å². The van der Waals surface area contributed by atoms with E-state index >= 15 is 0 Å². The second-order valence-electron chi connectivity index (χ2n) is 6.08. The Balaban J connectivity index is 1.94. The molecule has 1 saturated heterocycles. The van der Waals surface area contributed by atoms with E-state index in [0.717, 1.165) is 12.0 Å². The van der Waals surface area contributed by atoms with Gasteiger partial charge in [0, 0.05) is 25.1 Å². The number of benzene rings is 1. The first-order valence-electron chi connectivity index (χ1n) is 8.02. The van der Waals surface area contributed by atoms with E-state index in [1.165, 1.54) is 6.92 Å². The molecule has 0 radical (unpaired) electrons. The number of hydrogen-bond acceptors (Lipinski definition) is 4. The van der Waals surface area contributed by atoms with Gasteiger partial charge in [-0.05, 0) is 18.9 Å². The van der Waals surface area contributed by atoms with E-state index in [1.54, 1.807) is 29.2 Å². The molecule has 0 spiro atoms. The maximum Gasteiger partial charge on any atom is 0.451 e. The Bertz CT molecular complexity index is 885. The number of halogens is 3. The SMILES string of the molecule is Cc1nc(C(F)(F)F)nc(-c2ccc(CN3CCCC3=O)cc2)c1C#N. The molecule has 0 unspecified atom stereocenters. The third-order valence-corrected chi connectivity index (χ3v) is 4.23. The zero-order valence-electron chi connectivity index (χ0n) is 14.0. The van der Waals surface area contributed by atoms with Crippen LogP contribution in [-0.4, -0.2) is 27.3 Å². The Morgan fingerprint density at radius 1 is 1.23 bits per heavy atom. The van der Waals surface area contributed by atoms with Gasteiger partial charge in [0.25, 0.3) is 0 Å². The van der Waals surface area contributed by atoms with Crippen LogP contribution in [0.25, 0.3) is 11.3 Å². The van der Waals surface area contributed by atoms with E-state index < -0.39 is 12.0 Å². The largest absolute Gasteiger partial charge is 0.451 e. The Labute approximate surface area is 148 Å². The maximum atomic E-state index is 13.0. The lowest BCUT2D eigenvalue weighted by Gasteiger charge is -2.16. The van der Waals surface area contributed by atoms with Crippen LogP contribution in [0.5, 0.6) is 0 Å². The van der Waals surface area contributed by atoms with Crippen LogP contribution in [0.4, 0.5) is 13.2 Å². The lowest BCUT2D eigenvalue weighted by atomic mass is 10.0. The summed E-state index contributed by atoms with van der Waals surface area (Å²) < 4.78 is 38.9. The zero-order chi connectivity index (χ0) is 18.9. The standard InChI is InChI=1S/C18H15F3N4O/c1-11-14(9-22)16(24-17(23-11)18(19,20)21)13-6-4-12(5-7-13)10-25-8-2-3-15(25)26/h4-7H,2-3,8,10H2,1H3. The van der Waals surface area contributed by atoms with Crippen molar-refractivity contribution in [2.45, 2.75) is 32.5 Å². The van der Waals surface area contributed by atoms with Crippen molar-refractivity contribution in [3.05, 3.63) is 46.9 Å². The molecule has 1 aromatic heterocycles. The van der Waals surface area contributed by atoms with Gasteiger partial charge < -0.3 is 4.90 Å². The van der Waals surface area contributed by atoms with E-state index in [9.17, 15) is 23.2 Å². The first kappa shape index (κ1) is 17.9. The fourth-order valence-corrected chi connectivity index (χ4v) is 2.90. The molecule has 1 aromatic carbocycles. The summed E-state index contributed by atoms with van der Waals surface area (Å²) in [4.78, 5) is 20.4. The fraction of sp³-hybridized carbons (Fsp3) is 0.333. The molecule has 0 bridgehead atoms. The third kappa shape index (κ3) is 3.52. The molecule has 5 nitrogen and oxygen atoms in total. The number of hydrogen-bond donors (Lipinski definition) is 0. The van der Waals surface area contributed by atoms with E-state index in [4.69, 9.17) is 0 Å². The third-order valence-electron chi connectivity index (χ3n) is 4.23. The zero-order valence-corrected chi connectivity index (χ0v) is 14.0. The second-order valence-corrected chi connectivity index (χ2v) is 6.08. The highest BCUT2D eigenvalue weighted by Gasteiger charge is 2.36. The summed E-state index contributed by atoms with van der Waals surface area (Å²) in [5.74, 6) is -1.17. The van der Waals surface area contributed by atoms with Gasteiger partial charge in [0.2, 0.25) is 11.7 Å². The highest BCUT2D eigenvalue weighted by Crippen LogP contribution is 2.31. The Morgan fingerprint density at radius 3 is 2.46 bits per heavy atom. The predicted octanol–water partition coefficient (Wildman–Crippen LogP) is 3.46. The molecule has 3 rings (SSSR count). The molecule has 1 amide bonds. The molecule has 134 valence electrons. The molecule has 1 fully saturated rings. The number of aromatic nitrogens is 2. The average Bonchev–Trinajstić information content (AvgIpc) is 2.99. The summed E-state index contributed by atoms with van der Waals surface area (Å²) in [6.07, 6.45) is -3.31. The molecule has 8 heteroatoms. The van der Waals surface area contributed by atoms with Crippen LogP contribution in [0.1, 0.15) is 35.5 Å². The first-order chi connectivity index (χ1) is 12.3. The highest BCUT2D eigenvalue weighted by molar-refractivity contribution is 5.78. The van der Waals surface area contributed by atoms with Gasteiger partial charge >= 0.3 is 6.18 Å². The molecule has 2 aromatic rings. The van der Waals surface area contributed by atoms with Crippen molar-refractivity contribution in [3.8, 4) is 17.3 Å². The van der Waals surface area contributed by atoms with Crippen LogP contribution in [0.15, 0.2) is 24.3 Å². The van der Waals surface area contributed by atoms with E-state index in [-0.39, 0.29) is 22.9 Å². The summed E-state index contributed by atoms with van der Waals surface area (Å²) in [7, 11) is 0. The van der Waals surface area contributed by atoms with Gasteiger partial charge in [-0.2, -0.15) is 18.4 Å². The summed E-state index contributed by atoms with van der Waals surface area (Å²) in [5.41, 5.74) is 1.21. The molecule has 1 aliphatic heterocycles. The minimum Gasteiger partial charge on any atom is -0.338 e. The number of nitriles is 1. The fourth-order valence-electron chi connectivity index (χ4n) is 2.90. The van der Waals surface area contributed by atoms with Crippen LogP contribution in [0.3, 0.4) is 0 Å². The number of carbonyl (C=O) groups excluding carboxylic acids is 1. The number of rotatable bonds is 3. The lowest BCUT2D eigenvalue weighted by molar-refractivity contribution is -0.145. The summed E-state index contributed by atoms with van der Waals surface area (Å²) >= 11 is 0. The topological polar surface area (TPSA) is 69.9 Å². The van der Waals surface area contributed by atoms with Crippen LogP contribution in [0, 0.1) is 18.3 Å². The number of aryl methyl sites for hydroxylation is 1. The second kappa shape index (κ2) is 6.75. The van der Waals surface area contributed by atoms with Crippen molar-refractivity contribution >= 4 is 5.91 Å². The highest BCUT2D eigenvalue weighted by atomic mass is 19.4. The van der Waals surface area contributed by atoms with Gasteiger partial charge in [-0.1, -0.05) is 24.3 Å². The smallest absolute Gasteiger partial charge is 0.338 e. The van der Waals surface area contributed by atoms with E-state index in [0.29, 0.717) is 25.1 Å². The van der Waals surface area contributed by atoms with Crippen LogP contribution >= 0.6 is 0 Å². The van der Waals surface area contributed by atoms with Crippen molar-refractivity contribution in [1.82, 2.24) is 14.9 Å². The van der Waals surface area contributed by atoms with Gasteiger partial charge in [-0.3, -0.25) is 4.79 Å². The molecule has 0 N–H and O–H groups in total. The maximum absolute atomic E-state index is 13.0. The van der Waals surface area contributed by atoms with Crippen molar-refractivity contribution in [2.24, 2.45) is 0 Å². The summed E-state index contributed by atoms with van der Waals surface area (Å²) in [6, 6.07) is 8.55. The Morgan fingerprint density at radius 2 is 1.92 bits per heavy atom. The van der Waals surface area contributed by atoms with Gasteiger partial charge in [-0.15, -0.1) is 0 Å². The molecule has 0 aliphatic carbocycles. The monoisotopic (exact) mass is 360 g/mol. The number of carbonyl (C=O) groups is 1. The molecular formula is C18H15F3N4O. The van der Waals surface area contributed by atoms with Crippen LogP contribution < -0.4 is 0 Å². The normalized spacial score (nSPS) is 14.6. The molecule has 0 atom stereocenters. The van der Waals surface area contributed by atoms with Gasteiger partial charge in [0.05, 0.1) is 17.0 Å². The molecule has 2 heterocycles. The lowest BCUT2D eigenvalue weighted by Crippen LogP contribution is -2.23. The van der Waals surface area contributed by atoms with E-state index in [2.05, 4.69) is 9.97 Å². The minimum atomic E-state index is -4.69. The van der Waals surface area contributed by atoms with Crippen molar-refractivity contribution in [3.63, 3.8) is 0 Å². The minimum absolute atomic E-state index is 0.0143. The van der Waals surface area contributed by atoms with Crippen molar-refractivity contribution in [2.75, 3.05) is 6.54 Å². The quantitative estimate of drug-likeness (QED) is 0.840. The van der Waals surface area contributed by atoms with Crippen molar-refractivity contribution < 1.29 is 18.0 Å². The summed E-state index contributed by atoms with van der Waals surface area (Å²) in [6.45, 7) is 2.52. The average molecular weight is 360 g/mol. The van der Waals surface area contributed by atoms with Crippen molar-refractivity contribution in [1.29, 1.82) is 5.26 Å². The van der Waals surface area contributed by atoms with Gasteiger partial charge in [-0.25, -0.2) is 9.97 Å². The molecule has 26 heavy (non-hydrogen) atoms. The summed E-state index contributed by atoms with van der Waals surface area (Å²) in [5, 5.41) is 9.27.